The summed E-state index contributed by atoms with van der Waals surface area (Å²) >= 11 is 0. The highest BCUT2D eigenvalue weighted by Crippen LogP contribution is 2.32. The standard InChI is InChI=1S/C22H22F3N3O3/c1-4-28-19(30)16-9-8-13(10-17(16)27-20(28)31)18(29)26-12-21(2,3)14-6-5-7-15(11-14)22(23,24)25/h5-11H,4,12H2,1-3H3,(H,26,29)(H,27,31). The number of nitrogens with one attached hydrogen (secondary N) is 2. The number of H-pyrrole nitrogens is 1. The number of hydrogen-bond acceptors (Lipinski definition) is 3. The average Bonchev–Trinajstić information content (AvgIpc) is 2.71. The summed E-state index contributed by atoms with van der Waals surface area (Å²) in [6, 6.07) is 9.34. The number of aromatic amines is 1. The molecule has 0 aliphatic carbocycles. The molecule has 6 nitrogen and oxygen atoms in total. The van der Waals surface area contributed by atoms with Gasteiger partial charge in [0.05, 0.1) is 16.5 Å². The van der Waals surface area contributed by atoms with Crippen molar-refractivity contribution in [3.63, 3.8) is 0 Å². The lowest BCUT2D eigenvalue weighted by molar-refractivity contribution is -0.137. The summed E-state index contributed by atoms with van der Waals surface area (Å²) in [5.41, 5.74) is -1.63. The van der Waals surface area contributed by atoms with Crippen LogP contribution in [0.5, 0.6) is 0 Å². The monoisotopic (exact) mass is 433 g/mol. The number of alkyl halides is 3. The number of fused-ring (bicyclic) bond motifs is 1. The van der Waals surface area contributed by atoms with E-state index in [1.807, 2.05) is 0 Å². The number of halogens is 3. The van der Waals surface area contributed by atoms with Crippen molar-refractivity contribution in [1.82, 2.24) is 14.9 Å². The van der Waals surface area contributed by atoms with Crippen molar-refractivity contribution in [1.29, 1.82) is 0 Å². The summed E-state index contributed by atoms with van der Waals surface area (Å²) in [7, 11) is 0. The number of nitrogens with zero attached hydrogens (tertiary/aromatic N) is 1. The molecule has 0 saturated carbocycles. The van der Waals surface area contributed by atoms with Crippen molar-refractivity contribution in [2.24, 2.45) is 0 Å². The first-order chi connectivity index (χ1) is 14.4. The smallest absolute Gasteiger partial charge is 0.351 e. The summed E-state index contributed by atoms with van der Waals surface area (Å²) in [6.45, 7) is 5.44. The van der Waals surface area contributed by atoms with Gasteiger partial charge >= 0.3 is 11.9 Å². The largest absolute Gasteiger partial charge is 0.416 e. The molecule has 2 aromatic carbocycles. The molecule has 0 aliphatic heterocycles. The van der Waals surface area contributed by atoms with Gasteiger partial charge in [-0.25, -0.2) is 4.79 Å². The highest BCUT2D eigenvalue weighted by atomic mass is 19.4. The molecule has 0 bridgehead atoms. The van der Waals surface area contributed by atoms with Crippen molar-refractivity contribution in [2.45, 2.75) is 38.9 Å². The minimum Gasteiger partial charge on any atom is -0.351 e. The third-order valence-electron chi connectivity index (χ3n) is 5.22. The van der Waals surface area contributed by atoms with E-state index >= 15 is 0 Å². The molecule has 0 radical (unpaired) electrons. The average molecular weight is 433 g/mol. The molecule has 3 rings (SSSR count). The highest BCUT2D eigenvalue weighted by Gasteiger charge is 2.32. The third kappa shape index (κ3) is 4.55. The Morgan fingerprint density at radius 2 is 1.74 bits per heavy atom. The van der Waals surface area contributed by atoms with Crippen LogP contribution in [0.4, 0.5) is 13.2 Å². The lowest BCUT2D eigenvalue weighted by atomic mass is 9.83. The maximum atomic E-state index is 13.0. The highest BCUT2D eigenvalue weighted by molar-refractivity contribution is 5.97. The summed E-state index contributed by atoms with van der Waals surface area (Å²) in [5, 5.41) is 3.00. The second kappa shape index (κ2) is 8.05. The molecule has 3 aromatic rings. The van der Waals surface area contributed by atoms with Crippen molar-refractivity contribution in [2.75, 3.05) is 6.54 Å². The molecule has 1 aromatic heterocycles. The van der Waals surface area contributed by atoms with Gasteiger partial charge in [-0.05, 0) is 36.8 Å². The molecule has 0 saturated heterocycles. The lowest BCUT2D eigenvalue weighted by Crippen LogP contribution is -2.37. The van der Waals surface area contributed by atoms with Crippen molar-refractivity contribution in [3.8, 4) is 0 Å². The van der Waals surface area contributed by atoms with Gasteiger partial charge in [-0.3, -0.25) is 14.2 Å². The predicted molar refractivity (Wildman–Crippen MR) is 111 cm³/mol. The van der Waals surface area contributed by atoms with E-state index in [2.05, 4.69) is 10.3 Å². The molecule has 0 aliphatic rings. The molecule has 9 heteroatoms. The molecule has 2 N–H and O–H groups in total. The van der Waals surface area contributed by atoms with E-state index in [-0.39, 0.29) is 29.6 Å². The van der Waals surface area contributed by atoms with Crippen LogP contribution in [0.2, 0.25) is 0 Å². The van der Waals surface area contributed by atoms with Crippen LogP contribution in [0.3, 0.4) is 0 Å². The molecule has 0 spiro atoms. The number of carbonyl (C=O) groups is 1. The fourth-order valence-electron chi connectivity index (χ4n) is 3.30. The van der Waals surface area contributed by atoms with Crippen LogP contribution in [0.15, 0.2) is 52.1 Å². The number of hydrogen-bond donors (Lipinski definition) is 2. The van der Waals surface area contributed by atoms with Crippen LogP contribution in [0, 0.1) is 0 Å². The van der Waals surface area contributed by atoms with Gasteiger partial charge in [0.25, 0.3) is 11.5 Å². The van der Waals surface area contributed by atoms with E-state index in [4.69, 9.17) is 0 Å². The molecule has 0 atom stereocenters. The zero-order valence-electron chi connectivity index (χ0n) is 17.3. The maximum Gasteiger partial charge on any atom is 0.416 e. The molecule has 0 fully saturated rings. The maximum absolute atomic E-state index is 13.0. The number of rotatable bonds is 5. The van der Waals surface area contributed by atoms with Gasteiger partial charge in [0.1, 0.15) is 0 Å². The van der Waals surface area contributed by atoms with Crippen LogP contribution in [-0.4, -0.2) is 22.0 Å². The first kappa shape index (κ1) is 22.3. The zero-order chi connectivity index (χ0) is 23.0. The second-order valence-corrected chi connectivity index (χ2v) is 7.89. The Labute approximate surface area is 175 Å². The fraction of sp³-hybridized carbons (Fsp3) is 0.318. The van der Waals surface area contributed by atoms with Crippen molar-refractivity contribution in [3.05, 3.63) is 80.0 Å². The minimum atomic E-state index is -4.45. The Kier molecular flexibility index (Phi) is 5.80. The molecule has 31 heavy (non-hydrogen) atoms. The van der Waals surface area contributed by atoms with E-state index in [1.165, 1.54) is 24.3 Å². The first-order valence-corrected chi connectivity index (χ1v) is 9.67. The second-order valence-electron chi connectivity index (χ2n) is 7.89. The Balaban J connectivity index is 1.82. The molecule has 1 amide bonds. The number of aromatic nitrogens is 2. The SMILES string of the molecule is CCn1c(=O)[nH]c2cc(C(=O)NCC(C)(C)c3cccc(C(F)(F)F)c3)ccc2c1=O. The van der Waals surface area contributed by atoms with Crippen LogP contribution < -0.4 is 16.6 Å². The van der Waals surface area contributed by atoms with E-state index in [9.17, 15) is 27.6 Å². The predicted octanol–water partition coefficient (Wildman–Crippen LogP) is 3.44. The minimum absolute atomic E-state index is 0.0825. The van der Waals surface area contributed by atoms with Crippen molar-refractivity contribution >= 4 is 16.8 Å². The van der Waals surface area contributed by atoms with Gasteiger partial charge in [0, 0.05) is 24.1 Å². The molecule has 1 heterocycles. The summed E-state index contributed by atoms with van der Waals surface area (Å²) in [6.07, 6.45) is -4.45. The summed E-state index contributed by atoms with van der Waals surface area (Å²) in [4.78, 5) is 39.5. The zero-order valence-corrected chi connectivity index (χ0v) is 17.3. The quantitative estimate of drug-likeness (QED) is 0.647. The van der Waals surface area contributed by atoms with Gasteiger partial charge in [0.15, 0.2) is 0 Å². The van der Waals surface area contributed by atoms with Crippen molar-refractivity contribution < 1.29 is 18.0 Å². The normalized spacial score (nSPS) is 12.2. The number of carbonyl (C=O) groups excluding carboxylic acids is 1. The van der Waals surface area contributed by atoms with Crippen LogP contribution in [0.25, 0.3) is 10.9 Å². The topological polar surface area (TPSA) is 84.0 Å². The van der Waals surface area contributed by atoms with E-state index in [1.54, 1.807) is 26.8 Å². The van der Waals surface area contributed by atoms with Gasteiger partial charge in [0.2, 0.25) is 0 Å². The third-order valence-corrected chi connectivity index (χ3v) is 5.22. The Morgan fingerprint density at radius 1 is 1.06 bits per heavy atom. The molecular weight excluding hydrogens is 411 g/mol. The Bertz CT molecular complexity index is 1260. The summed E-state index contributed by atoms with van der Waals surface area (Å²) in [5.74, 6) is -0.470. The van der Waals surface area contributed by atoms with E-state index in [0.29, 0.717) is 5.56 Å². The summed E-state index contributed by atoms with van der Waals surface area (Å²) < 4.78 is 40.1. The van der Waals surface area contributed by atoms with Gasteiger partial charge in [-0.15, -0.1) is 0 Å². The Morgan fingerprint density at radius 3 is 2.39 bits per heavy atom. The van der Waals surface area contributed by atoms with Crippen LogP contribution in [-0.2, 0) is 18.1 Å². The lowest BCUT2D eigenvalue weighted by Gasteiger charge is -2.26. The fourth-order valence-corrected chi connectivity index (χ4v) is 3.30. The number of benzene rings is 2. The van der Waals surface area contributed by atoms with E-state index < -0.39 is 34.3 Å². The number of amides is 1. The molecular formula is C22H22F3N3O3. The van der Waals surface area contributed by atoms with E-state index in [0.717, 1.165) is 16.7 Å². The Hall–Kier alpha value is -3.36. The molecule has 164 valence electrons. The molecule has 0 unspecified atom stereocenters. The van der Waals surface area contributed by atoms with Crippen LogP contribution in [0.1, 0.15) is 42.3 Å². The van der Waals surface area contributed by atoms with Crippen LogP contribution >= 0.6 is 0 Å². The van der Waals surface area contributed by atoms with Gasteiger partial charge < -0.3 is 10.3 Å². The van der Waals surface area contributed by atoms with Gasteiger partial charge in [-0.1, -0.05) is 32.0 Å². The van der Waals surface area contributed by atoms with Gasteiger partial charge in [-0.2, -0.15) is 13.2 Å². The first-order valence-electron chi connectivity index (χ1n) is 9.67.